The molecule has 23 heavy (non-hydrogen) atoms. The first-order valence-corrected chi connectivity index (χ1v) is 8.36. The second-order valence-corrected chi connectivity index (χ2v) is 6.38. The van der Waals surface area contributed by atoms with Crippen molar-refractivity contribution in [2.45, 2.75) is 27.4 Å². The monoisotopic (exact) mass is 448 g/mol. The van der Waals surface area contributed by atoms with Crippen molar-refractivity contribution in [3.8, 4) is 11.8 Å². The number of hydrogen-bond acceptors (Lipinski definition) is 4. The minimum absolute atomic E-state index is 0.396. The maximum absolute atomic E-state index is 12.2. The number of aromatic nitrogens is 2. The van der Waals surface area contributed by atoms with Gasteiger partial charge >= 0.3 is 0 Å². The van der Waals surface area contributed by atoms with Crippen LogP contribution in [-0.4, -0.2) is 24.2 Å². The second kappa shape index (κ2) is 9.17. The van der Waals surface area contributed by atoms with E-state index in [0.29, 0.717) is 17.5 Å². The van der Waals surface area contributed by atoms with Gasteiger partial charge in [0.2, 0.25) is 11.8 Å². The van der Waals surface area contributed by atoms with Crippen LogP contribution < -0.4 is 9.47 Å². The Kier molecular flexibility index (Phi) is 7.91. The first-order chi connectivity index (χ1) is 10.8. The molecule has 0 amide bonds. The number of alkyl halides is 1. The molecule has 0 aromatic carbocycles. The Morgan fingerprint density at radius 1 is 0.913 bits per heavy atom. The molecule has 7 heteroatoms. The molecule has 0 aliphatic rings. The molecule has 126 valence electrons. The van der Waals surface area contributed by atoms with Gasteiger partial charge in [0.15, 0.2) is 0 Å². The van der Waals surface area contributed by atoms with Gasteiger partial charge in [-0.25, -0.2) is 14.4 Å². The predicted octanol–water partition coefficient (Wildman–Crippen LogP) is 5.10. The highest BCUT2D eigenvalue weighted by Crippen LogP contribution is 2.27. The van der Waals surface area contributed by atoms with Crippen molar-refractivity contribution in [2.75, 3.05) is 14.2 Å². The first-order valence-electron chi connectivity index (χ1n) is 6.77. The van der Waals surface area contributed by atoms with Crippen molar-refractivity contribution in [2.24, 2.45) is 0 Å². The Hall–Kier alpha value is -1.21. The van der Waals surface area contributed by atoms with Crippen LogP contribution in [0.3, 0.4) is 0 Å². The van der Waals surface area contributed by atoms with Crippen LogP contribution >= 0.6 is 31.9 Å². The molecule has 0 unspecified atom stereocenters. The van der Waals surface area contributed by atoms with Gasteiger partial charge in [-0.3, -0.25) is 0 Å². The Bertz CT molecular complexity index is 682. The van der Waals surface area contributed by atoms with Crippen molar-refractivity contribution in [3.63, 3.8) is 0 Å². The Balaban J connectivity index is 0.000000231. The molecule has 2 heterocycles. The molecule has 0 fully saturated rings. The van der Waals surface area contributed by atoms with Gasteiger partial charge in [-0.15, -0.1) is 0 Å². The largest absolute Gasteiger partial charge is 0.480 e. The van der Waals surface area contributed by atoms with Crippen molar-refractivity contribution in [1.82, 2.24) is 9.97 Å². The molecule has 2 rings (SSSR count). The highest BCUT2D eigenvalue weighted by atomic mass is 79.9. The summed E-state index contributed by atoms with van der Waals surface area (Å²) in [5.74, 6) is 1.09. The second-order valence-electron chi connectivity index (χ2n) is 4.79. The van der Waals surface area contributed by atoms with Gasteiger partial charge < -0.3 is 9.47 Å². The van der Waals surface area contributed by atoms with E-state index >= 15 is 0 Å². The number of rotatable bonds is 3. The zero-order valence-corrected chi connectivity index (χ0v) is 16.9. The highest BCUT2D eigenvalue weighted by Gasteiger charge is 2.07. The van der Waals surface area contributed by atoms with E-state index < -0.39 is 6.67 Å². The zero-order chi connectivity index (χ0) is 17.6. The Labute approximate surface area is 152 Å². The van der Waals surface area contributed by atoms with Gasteiger partial charge in [-0.05, 0) is 75.9 Å². The fourth-order valence-electron chi connectivity index (χ4n) is 1.82. The van der Waals surface area contributed by atoms with Crippen LogP contribution in [0.25, 0.3) is 0 Å². The molecule has 0 spiro atoms. The van der Waals surface area contributed by atoms with Gasteiger partial charge in [0.25, 0.3) is 0 Å². The number of ether oxygens (including phenoxy) is 2. The highest BCUT2D eigenvalue weighted by molar-refractivity contribution is 9.11. The van der Waals surface area contributed by atoms with E-state index in [0.717, 1.165) is 25.8 Å². The van der Waals surface area contributed by atoms with Gasteiger partial charge in [0.05, 0.1) is 28.9 Å². The van der Waals surface area contributed by atoms with Crippen molar-refractivity contribution < 1.29 is 13.9 Å². The standard InChI is InChI=1S/C8H9BrFNO.C8H10BrNO/c1-5-3-6(4-10)11-8(12-2)7(5)9;1-5-4-6(2)10-8(11-3)7(5)9/h3H,4H2,1-2H3;4H,1-3H3. The van der Waals surface area contributed by atoms with Crippen LogP contribution in [0.5, 0.6) is 11.8 Å². The lowest BCUT2D eigenvalue weighted by molar-refractivity contribution is 0.387. The van der Waals surface area contributed by atoms with E-state index in [1.807, 2.05) is 26.8 Å². The van der Waals surface area contributed by atoms with Crippen molar-refractivity contribution in [1.29, 1.82) is 0 Å². The molecule has 0 aliphatic carbocycles. The maximum atomic E-state index is 12.2. The van der Waals surface area contributed by atoms with Gasteiger partial charge in [0.1, 0.15) is 6.67 Å². The fraction of sp³-hybridized carbons (Fsp3) is 0.375. The topological polar surface area (TPSA) is 44.2 Å². The summed E-state index contributed by atoms with van der Waals surface area (Å²) in [6, 6.07) is 3.69. The van der Waals surface area contributed by atoms with E-state index in [9.17, 15) is 4.39 Å². The first kappa shape index (κ1) is 19.8. The zero-order valence-electron chi connectivity index (χ0n) is 13.7. The third-order valence-electron chi connectivity index (χ3n) is 2.92. The molecule has 0 aliphatic heterocycles. The van der Waals surface area contributed by atoms with E-state index in [4.69, 9.17) is 9.47 Å². The van der Waals surface area contributed by atoms with Crippen LogP contribution in [0, 0.1) is 20.8 Å². The van der Waals surface area contributed by atoms with Crippen LogP contribution in [0.1, 0.15) is 22.5 Å². The Morgan fingerprint density at radius 3 is 1.87 bits per heavy atom. The van der Waals surface area contributed by atoms with Crippen LogP contribution in [0.15, 0.2) is 21.1 Å². The summed E-state index contributed by atoms with van der Waals surface area (Å²) in [7, 11) is 3.13. The smallest absolute Gasteiger partial charge is 0.228 e. The summed E-state index contributed by atoms with van der Waals surface area (Å²) in [6.07, 6.45) is 0. The van der Waals surface area contributed by atoms with E-state index in [2.05, 4.69) is 41.8 Å². The quantitative estimate of drug-likeness (QED) is 0.653. The van der Waals surface area contributed by atoms with Crippen LogP contribution in [-0.2, 0) is 6.67 Å². The molecule has 2 aromatic rings. The predicted molar refractivity (Wildman–Crippen MR) is 96.0 cm³/mol. The summed E-state index contributed by atoms with van der Waals surface area (Å²) in [4.78, 5) is 8.11. The average molecular weight is 450 g/mol. The Morgan fingerprint density at radius 2 is 1.39 bits per heavy atom. The fourth-order valence-corrected chi connectivity index (χ4v) is 2.55. The molecular weight excluding hydrogens is 431 g/mol. The number of nitrogens with zero attached hydrogens (tertiary/aromatic N) is 2. The minimum Gasteiger partial charge on any atom is -0.480 e. The summed E-state index contributed by atoms with van der Waals surface area (Å²) in [5, 5.41) is 0. The third kappa shape index (κ3) is 5.42. The van der Waals surface area contributed by atoms with E-state index in [-0.39, 0.29) is 0 Å². The molecular formula is C16H19Br2FN2O2. The molecule has 0 bridgehead atoms. The SMILES string of the molecule is COc1nc(C)cc(C)c1Br.COc1nc(CF)cc(C)c1Br. The van der Waals surface area contributed by atoms with Crippen molar-refractivity contribution >= 4 is 31.9 Å². The van der Waals surface area contributed by atoms with E-state index in [1.165, 1.54) is 7.11 Å². The van der Waals surface area contributed by atoms with E-state index in [1.54, 1.807) is 13.2 Å². The molecule has 2 aromatic heterocycles. The minimum atomic E-state index is -0.565. The number of halogens is 3. The van der Waals surface area contributed by atoms with Crippen molar-refractivity contribution in [3.05, 3.63) is 43.6 Å². The maximum Gasteiger partial charge on any atom is 0.228 e. The third-order valence-corrected chi connectivity index (χ3v) is 4.85. The van der Waals surface area contributed by atoms with Gasteiger partial charge in [0, 0.05) is 5.69 Å². The molecule has 4 nitrogen and oxygen atoms in total. The number of pyridine rings is 2. The number of hydrogen-bond donors (Lipinski definition) is 0. The normalized spacial score (nSPS) is 9.91. The molecule has 0 saturated carbocycles. The molecule has 0 radical (unpaired) electrons. The summed E-state index contributed by atoms with van der Waals surface area (Å²) in [6.45, 7) is 5.27. The average Bonchev–Trinajstić information content (AvgIpc) is 2.53. The summed E-state index contributed by atoms with van der Waals surface area (Å²) < 4.78 is 23.9. The molecule has 0 saturated heterocycles. The van der Waals surface area contributed by atoms with Gasteiger partial charge in [-0.2, -0.15) is 0 Å². The summed E-state index contributed by atoms with van der Waals surface area (Å²) >= 11 is 6.68. The lowest BCUT2D eigenvalue weighted by atomic mass is 10.2. The number of aryl methyl sites for hydroxylation is 3. The van der Waals surface area contributed by atoms with Gasteiger partial charge in [-0.1, -0.05) is 0 Å². The molecule has 0 N–H and O–H groups in total. The lowest BCUT2D eigenvalue weighted by Crippen LogP contribution is -1.95. The lowest BCUT2D eigenvalue weighted by Gasteiger charge is -2.05. The van der Waals surface area contributed by atoms with Crippen LogP contribution in [0.4, 0.5) is 4.39 Å². The summed E-state index contributed by atoms with van der Waals surface area (Å²) in [5.41, 5.74) is 3.44. The number of methoxy groups -OCH3 is 2. The van der Waals surface area contributed by atoms with Crippen LogP contribution in [0.2, 0.25) is 0 Å². The molecule has 0 atom stereocenters.